The van der Waals surface area contributed by atoms with Crippen molar-refractivity contribution in [1.29, 1.82) is 0 Å². The molecule has 2 amide bonds. The molecule has 2 N–H and O–H groups in total. The van der Waals surface area contributed by atoms with Crippen LogP contribution in [-0.2, 0) is 23.6 Å². The summed E-state index contributed by atoms with van der Waals surface area (Å²) in [5.41, 5.74) is -2.33. The lowest BCUT2D eigenvalue weighted by Crippen LogP contribution is -2.57. The molecule has 4 rings (SSSR count). The molecule has 0 unspecified atom stereocenters. The topological polar surface area (TPSA) is 65.2 Å². The lowest BCUT2D eigenvalue weighted by Gasteiger charge is -2.36. The lowest BCUT2D eigenvalue weighted by molar-refractivity contribution is -0.143. The van der Waals surface area contributed by atoms with Crippen LogP contribution < -0.4 is 5.32 Å². The van der Waals surface area contributed by atoms with Crippen LogP contribution in [0.25, 0.3) is 10.9 Å². The van der Waals surface area contributed by atoms with Gasteiger partial charge < -0.3 is 15.2 Å². The number of H-pyrrole nitrogens is 1. The van der Waals surface area contributed by atoms with Crippen LogP contribution >= 0.6 is 0 Å². The van der Waals surface area contributed by atoms with Gasteiger partial charge in [0, 0.05) is 29.2 Å². The highest BCUT2D eigenvalue weighted by molar-refractivity contribution is 5.98. The summed E-state index contributed by atoms with van der Waals surface area (Å²) in [6.45, 7) is -0.474. The van der Waals surface area contributed by atoms with E-state index in [0.29, 0.717) is 12.1 Å². The number of carbonyl (C=O) groups excluding carboxylic acids is 2. The third-order valence-electron chi connectivity index (χ3n) is 5.52. The molecule has 1 saturated heterocycles. The number of fused-ring (bicyclic) bond motifs is 1. The first kappa shape index (κ1) is 22.7. The molecule has 0 aliphatic carbocycles. The molecular formula is C22H17F6N3O2. The maximum atomic E-state index is 13.2. The maximum Gasteiger partial charge on any atom is 0.416 e. The minimum atomic E-state index is -5.08. The summed E-state index contributed by atoms with van der Waals surface area (Å²) in [7, 11) is 0. The zero-order chi connectivity index (χ0) is 24.0. The van der Waals surface area contributed by atoms with Gasteiger partial charge in [-0.3, -0.25) is 9.59 Å². The maximum absolute atomic E-state index is 13.2. The number of piperazine rings is 1. The average molecular weight is 469 g/mol. The van der Waals surface area contributed by atoms with E-state index in [1.807, 2.05) is 24.3 Å². The van der Waals surface area contributed by atoms with E-state index in [1.54, 1.807) is 6.20 Å². The highest BCUT2D eigenvalue weighted by Gasteiger charge is 2.39. The monoisotopic (exact) mass is 469 g/mol. The normalized spacial score (nSPS) is 17.3. The highest BCUT2D eigenvalue weighted by atomic mass is 19.4. The Kier molecular flexibility index (Phi) is 5.59. The van der Waals surface area contributed by atoms with Gasteiger partial charge in [-0.05, 0) is 36.2 Å². The molecule has 0 saturated carbocycles. The van der Waals surface area contributed by atoms with E-state index in [1.165, 1.54) is 0 Å². The van der Waals surface area contributed by atoms with Crippen LogP contribution in [0.2, 0.25) is 0 Å². The number of alkyl halides is 6. The van der Waals surface area contributed by atoms with Crippen LogP contribution in [0.3, 0.4) is 0 Å². The number of nitrogens with one attached hydrogen (secondary N) is 2. The lowest BCUT2D eigenvalue weighted by atomic mass is 9.99. The van der Waals surface area contributed by atoms with Gasteiger partial charge >= 0.3 is 12.4 Å². The van der Waals surface area contributed by atoms with E-state index in [0.717, 1.165) is 21.4 Å². The number of rotatable bonds is 3. The smallest absolute Gasteiger partial charge is 0.361 e. The first-order valence-corrected chi connectivity index (χ1v) is 9.85. The zero-order valence-electron chi connectivity index (χ0n) is 16.8. The Morgan fingerprint density at radius 2 is 1.64 bits per heavy atom. The van der Waals surface area contributed by atoms with Crippen LogP contribution in [0.4, 0.5) is 26.3 Å². The van der Waals surface area contributed by atoms with Gasteiger partial charge in [0.05, 0.1) is 17.2 Å². The number of nitrogens with zero attached hydrogens (tertiary/aromatic N) is 1. The SMILES string of the molecule is O=C1CN(C(=O)c2cc(C(F)(F)F)cc(C(F)(F)F)c2)[C@H](Cc2c[nH]c3ccccc23)CN1. The third-order valence-corrected chi connectivity index (χ3v) is 5.52. The van der Waals surface area contributed by atoms with Crippen molar-refractivity contribution in [3.05, 3.63) is 70.9 Å². The number of hydrogen-bond donors (Lipinski definition) is 2. The number of carbonyl (C=O) groups is 2. The van der Waals surface area contributed by atoms with Gasteiger partial charge in [-0.15, -0.1) is 0 Å². The molecule has 1 aliphatic heterocycles. The Morgan fingerprint density at radius 1 is 1.00 bits per heavy atom. The van der Waals surface area contributed by atoms with Gasteiger partial charge in [0.25, 0.3) is 5.91 Å². The van der Waals surface area contributed by atoms with Crippen molar-refractivity contribution in [1.82, 2.24) is 15.2 Å². The Hall–Kier alpha value is -3.50. The first-order chi connectivity index (χ1) is 15.4. The molecular weight excluding hydrogens is 452 g/mol. The Bertz CT molecular complexity index is 1180. The second kappa shape index (κ2) is 8.13. The number of halogens is 6. The van der Waals surface area contributed by atoms with Gasteiger partial charge in [0.1, 0.15) is 6.54 Å². The molecule has 2 heterocycles. The van der Waals surface area contributed by atoms with Gasteiger partial charge in [-0.25, -0.2) is 0 Å². The average Bonchev–Trinajstić information content (AvgIpc) is 3.16. The van der Waals surface area contributed by atoms with E-state index >= 15 is 0 Å². The van der Waals surface area contributed by atoms with E-state index in [9.17, 15) is 35.9 Å². The van der Waals surface area contributed by atoms with Crippen LogP contribution in [0, 0.1) is 0 Å². The number of aromatic nitrogens is 1. The quantitative estimate of drug-likeness (QED) is 0.559. The van der Waals surface area contributed by atoms with E-state index in [4.69, 9.17) is 0 Å². The molecule has 0 spiro atoms. The van der Waals surface area contributed by atoms with E-state index < -0.39 is 53.4 Å². The standard InChI is InChI=1S/C22H17F6N3O2/c23-21(24,25)14-5-12(6-15(8-14)22(26,27)28)20(33)31-11-19(32)30-10-16(31)7-13-9-29-18-4-2-1-3-17(13)18/h1-6,8-9,16,29H,7,10-11H2,(H,30,32)/t16-/m1/s1. The predicted molar refractivity (Wildman–Crippen MR) is 106 cm³/mol. The molecule has 33 heavy (non-hydrogen) atoms. The largest absolute Gasteiger partial charge is 0.416 e. The molecule has 1 aliphatic rings. The fraction of sp³-hybridized carbons (Fsp3) is 0.273. The van der Waals surface area contributed by atoms with Crippen LogP contribution in [0.1, 0.15) is 27.0 Å². The van der Waals surface area contributed by atoms with Crippen molar-refractivity contribution in [2.75, 3.05) is 13.1 Å². The summed E-state index contributed by atoms with van der Waals surface area (Å²) in [5.74, 6) is -1.63. The fourth-order valence-electron chi connectivity index (χ4n) is 3.90. The summed E-state index contributed by atoms with van der Waals surface area (Å²) in [5, 5.41) is 3.46. The van der Waals surface area contributed by atoms with Gasteiger partial charge in [-0.2, -0.15) is 26.3 Å². The summed E-state index contributed by atoms with van der Waals surface area (Å²) < 4.78 is 79.3. The molecule has 2 aromatic carbocycles. The second-order valence-electron chi connectivity index (χ2n) is 7.75. The van der Waals surface area contributed by atoms with Crippen LogP contribution in [0.5, 0.6) is 0 Å². The molecule has 0 bridgehead atoms. The van der Waals surface area contributed by atoms with Crippen LogP contribution in [0.15, 0.2) is 48.7 Å². The number of amides is 2. The number of benzene rings is 2. The molecule has 1 atom stereocenters. The van der Waals surface area contributed by atoms with Gasteiger partial charge in [-0.1, -0.05) is 18.2 Å². The third kappa shape index (κ3) is 4.67. The van der Waals surface area contributed by atoms with Crippen molar-refractivity contribution in [2.24, 2.45) is 0 Å². The summed E-state index contributed by atoms with van der Waals surface area (Å²) in [4.78, 5) is 29.2. The molecule has 3 aromatic rings. The summed E-state index contributed by atoms with van der Waals surface area (Å²) >= 11 is 0. The first-order valence-electron chi connectivity index (χ1n) is 9.85. The molecule has 1 aromatic heterocycles. The molecule has 11 heteroatoms. The Labute approximate surface area is 183 Å². The van der Waals surface area contributed by atoms with Crippen molar-refractivity contribution >= 4 is 22.7 Å². The highest BCUT2D eigenvalue weighted by Crippen LogP contribution is 2.36. The Balaban J connectivity index is 1.70. The van der Waals surface area contributed by atoms with Crippen LogP contribution in [-0.4, -0.2) is 40.8 Å². The number of para-hydroxylation sites is 1. The molecule has 5 nitrogen and oxygen atoms in total. The van der Waals surface area contributed by atoms with E-state index in [-0.39, 0.29) is 19.0 Å². The summed E-state index contributed by atoms with van der Waals surface area (Å²) in [6, 6.07) is 7.38. The van der Waals surface area contributed by atoms with Crippen molar-refractivity contribution in [2.45, 2.75) is 24.8 Å². The van der Waals surface area contributed by atoms with E-state index in [2.05, 4.69) is 10.3 Å². The molecule has 1 fully saturated rings. The van der Waals surface area contributed by atoms with Crippen molar-refractivity contribution < 1.29 is 35.9 Å². The Morgan fingerprint density at radius 3 is 2.27 bits per heavy atom. The predicted octanol–water partition coefficient (Wildman–Crippen LogP) is 4.39. The molecule has 174 valence electrons. The van der Waals surface area contributed by atoms with Gasteiger partial charge in [0.15, 0.2) is 0 Å². The zero-order valence-corrected chi connectivity index (χ0v) is 16.8. The minimum Gasteiger partial charge on any atom is -0.361 e. The number of aromatic amines is 1. The minimum absolute atomic E-state index is 0.00910. The number of hydrogen-bond acceptors (Lipinski definition) is 2. The fourth-order valence-corrected chi connectivity index (χ4v) is 3.90. The summed E-state index contributed by atoms with van der Waals surface area (Å²) in [6.07, 6.45) is -8.21. The molecule has 0 radical (unpaired) electrons. The van der Waals surface area contributed by atoms with Crippen molar-refractivity contribution in [3.63, 3.8) is 0 Å². The van der Waals surface area contributed by atoms with Gasteiger partial charge in [0.2, 0.25) is 5.91 Å². The van der Waals surface area contributed by atoms with Crippen molar-refractivity contribution in [3.8, 4) is 0 Å². The second-order valence-corrected chi connectivity index (χ2v) is 7.75.